The van der Waals surface area contributed by atoms with E-state index in [1.807, 2.05) is 44.2 Å². The molecular formula is C26H25BrN2O5. The van der Waals surface area contributed by atoms with Gasteiger partial charge in [0.05, 0.1) is 6.42 Å². The molecule has 34 heavy (non-hydrogen) atoms. The maximum Gasteiger partial charge on any atom is 0.306 e. The van der Waals surface area contributed by atoms with Gasteiger partial charge in [0.25, 0.3) is 5.91 Å². The van der Waals surface area contributed by atoms with E-state index >= 15 is 0 Å². The lowest BCUT2D eigenvalue weighted by atomic mass is 10.2. The summed E-state index contributed by atoms with van der Waals surface area (Å²) in [6, 6.07) is 20.0. The molecule has 0 aliphatic heterocycles. The van der Waals surface area contributed by atoms with Crippen molar-refractivity contribution in [3.63, 3.8) is 0 Å². The number of anilines is 2. The maximum atomic E-state index is 12.1. The SMILES string of the molecule is Cc1cc(NC(=O)COC(=O)CCC(=O)Nc2ccc(Oc3ccccc3C)cc2)ccc1Br. The molecule has 0 spiro atoms. The van der Waals surface area contributed by atoms with E-state index in [0.717, 1.165) is 21.3 Å². The van der Waals surface area contributed by atoms with Gasteiger partial charge in [-0.05, 0) is 73.5 Å². The Morgan fingerprint density at radius 2 is 1.47 bits per heavy atom. The van der Waals surface area contributed by atoms with E-state index in [-0.39, 0.29) is 18.7 Å². The van der Waals surface area contributed by atoms with Crippen molar-refractivity contribution >= 4 is 45.1 Å². The molecule has 0 bridgehead atoms. The quantitative estimate of drug-likeness (QED) is 0.347. The Morgan fingerprint density at radius 1 is 0.794 bits per heavy atom. The molecule has 0 saturated carbocycles. The molecule has 0 atom stereocenters. The van der Waals surface area contributed by atoms with Gasteiger partial charge < -0.3 is 20.1 Å². The van der Waals surface area contributed by atoms with Crippen molar-refractivity contribution in [2.75, 3.05) is 17.2 Å². The van der Waals surface area contributed by atoms with Gasteiger partial charge in [-0.2, -0.15) is 0 Å². The first-order valence-corrected chi connectivity index (χ1v) is 11.4. The molecule has 0 aliphatic rings. The molecule has 0 aromatic heterocycles. The summed E-state index contributed by atoms with van der Waals surface area (Å²) in [6.45, 7) is 3.45. The fourth-order valence-corrected chi connectivity index (χ4v) is 3.23. The number of carbonyl (C=O) groups is 3. The van der Waals surface area contributed by atoms with Crippen LogP contribution in [0.4, 0.5) is 11.4 Å². The Hall–Kier alpha value is -3.65. The standard InChI is InChI=1S/C26H25BrN2O5/c1-17-5-3-4-6-23(17)34-21-10-7-19(8-11-21)28-24(30)13-14-26(32)33-16-25(31)29-20-9-12-22(27)18(2)15-20/h3-12,15H,13-14,16H2,1-2H3,(H,28,30)(H,29,31). The fraction of sp³-hybridized carbons (Fsp3) is 0.192. The molecule has 0 aliphatic carbocycles. The molecule has 176 valence electrons. The predicted molar refractivity (Wildman–Crippen MR) is 134 cm³/mol. The van der Waals surface area contributed by atoms with Crippen LogP contribution in [-0.2, 0) is 19.1 Å². The second-order valence-corrected chi connectivity index (χ2v) is 8.47. The van der Waals surface area contributed by atoms with Crippen LogP contribution >= 0.6 is 15.9 Å². The monoisotopic (exact) mass is 524 g/mol. The molecule has 8 heteroatoms. The Labute approximate surface area is 206 Å². The van der Waals surface area contributed by atoms with Gasteiger partial charge in [0.15, 0.2) is 6.61 Å². The Kier molecular flexibility index (Phi) is 8.81. The smallest absolute Gasteiger partial charge is 0.306 e. The molecule has 0 heterocycles. The zero-order valence-corrected chi connectivity index (χ0v) is 20.5. The lowest BCUT2D eigenvalue weighted by Crippen LogP contribution is -2.21. The van der Waals surface area contributed by atoms with Crippen LogP contribution in [0.3, 0.4) is 0 Å². The zero-order valence-electron chi connectivity index (χ0n) is 18.9. The number of esters is 1. The van der Waals surface area contributed by atoms with Crippen LogP contribution in [0.2, 0.25) is 0 Å². The number of halogens is 1. The molecule has 2 N–H and O–H groups in total. The van der Waals surface area contributed by atoms with E-state index in [1.54, 1.807) is 36.4 Å². The highest BCUT2D eigenvalue weighted by atomic mass is 79.9. The van der Waals surface area contributed by atoms with E-state index < -0.39 is 18.5 Å². The van der Waals surface area contributed by atoms with Gasteiger partial charge in [0.2, 0.25) is 5.91 Å². The summed E-state index contributed by atoms with van der Waals surface area (Å²) in [5.41, 5.74) is 3.18. The number of hydrogen-bond donors (Lipinski definition) is 2. The summed E-state index contributed by atoms with van der Waals surface area (Å²) in [5.74, 6) is -0.00279. The highest BCUT2D eigenvalue weighted by molar-refractivity contribution is 9.10. The predicted octanol–water partition coefficient (Wildman–Crippen LogP) is 5.76. The van der Waals surface area contributed by atoms with Gasteiger partial charge in [-0.25, -0.2) is 0 Å². The highest BCUT2D eigenvalue weighted by Crippen LogP contribution is 2.25. The third-order valence-electron chi connectivity index (χ3n) is 4.82. The van der Waals surface area contributed by atoms with Crippen LogP contribution in [0.1, 0.15) is 24.0 Å². The number of benzene rings is 3. The fourth-order valence-electron chi connectivity index (χ4n) is 2.98. The normalized spacial score (nSPS) is 10.3. The highest BCUT2D eigenvalue weighted by Gasteiger charge is 2.11. The van der Waals surface area contributed by atoms with E-state index in [9.17, 15) is 14.4 Å². The molecule has 0 unspecified atom stereocenters. The second kappa shape index (κ2) is 12.0. The van der Waals surface area contributed by atoms with Crippen LogP contribution in [0.25, 0.3) is 0 Å². The van der Waals surface area contributed by atoms with Crippen molar-refractivity contribution in [2.24, 2.45) is 0 Å². The van der Waals surface area contributed by atoms with Crippen LogP contribution < -0.4 is 15.4 Å². The number of rotatable bonds is 9. The average Bonchev–Trinajstić information content (AvgIpc) is 2.81. The largest absolute Gasteiger partial charge is 0.457 e. The molecule has 3 rings (SSSR count). The number of nitrogens with one attached hydrogen (secondary N) is 2. The number of para-hydroxylation sites is 1. The number of carbonyl (C=O) groups excluding carboxylic acids is 3. The maximum absolute atomic E-state index is 12.1. The molecule has 0 fully saturated rings. The molecule has 0 saturated heterocycles. The average molecular weight is 525 g/mol. The van der Waals surface area contributed by atoms with Crippen molar-refractivity contribution in [3.8, 4) is 11.5 Å². The minimum absolute atomic E-state index is 0.0617. The van der Waals surface area contributed by atoms with Crippen molar-refractivity contribution in [3.05, 3.63) is 82.3 Å². The third kappa shape index (κ3) is 7.74. The van der Waals surface area contributed by atoms with E-state index in [0.29, 0.717) is 17.1 Å². The molecule has 3 aromatic rings. The molecule has 3 aromatic carbocycles. The topological polar surface area (TPSA) is 93.7 Å². The van der Waals surface area contributed by atoms with Crippen molar-refractivity contribution < 1.29 is 23.9 Å². The Bertz CT molecular complexity index is 1180. The summed E-state index contributed by atoms with van der Waals surface area (Å²) in [7, 11) is 0. The van der Waals surface area contributed by atoms with Crippen LogP contribution in [0.15, 0.2) is 71.2 Å². The van der Waals surface area contributed by atoms with Crippen LogP contribution in [-0.4, -0.2) is 24.4 Å². The first-order valence-electron chi connectivity index (χ1n) is 10.6. The number of ether oxygens (including phenoxy) is 2. The Balaban J connectivity index is 1.37. The van der Waals surface area contributed by atoms with Gasteiger partial charge in [0.1, 0.15) is 11.5 Å². The van der Waals surface area contributed by atoms with Crippen molar-refractivity contribution in [2.45, 2.75) is 26.7 Å². The molecule has 2 amide bonds. The van der Waals surface area contributed by atoms with Gasteiger partial charge in [-0.15, -0.1) is 0 Å². The lowest BCUT2D eigenvalue weighted by Gasteiger charge is -2.10. The van der Waals surface area contributed by atoms with Crippen molar-refractivity contribution in [1.29, 1.82) is 0 Å². The summed E-state index contributed by atoms with van der Waals surface area (Å²) in [6.07, 6.45) is -0.196. The summed E-state index contributed by atoms with van der Waals surface area (Å²) in [5, 5.41) is 5.38. The summed E-state index contributed by atoms with van der Waals surface area (Å²) >= 11 is 3.39. The zero-order chi connectivity index (χ0) is 24.5. The Morgan fingerprint density at radius 3 is 2.18 bits per heavy atom. The first-order chi connectivity index (χ1) is 16.3. The van der Waals surface area contributed by atoms with Gasteiger partial charge >= 0.3 is 5.97 Å². The van der Waals surface area contributed by atoms with Crippen molar-refractivity contribution in [1.82, 2.24) is 0 Å². The van der Waals surface area contributed by atoms with E-state index in [4.69, 9.17) is 9.47 Å². The lowest BCUT2D eigenvalue weighted by molar-refractivity contribution is -0.147. The summed E-state index contributed by atoms with van der Waals surface area (Å²) < 4.78 is 11.7. The third-order valence-corrected chi connectivity index (χ3v) is 5.71. The van der Waals surface area contributed by atoms with Crippen LogP contribution in [0, 0.1) is 13.8 Å². The second-order valence-electron chi connectivity index (χ2n) is 7.61. The van der Waals surface area contributed by atoms with Gasteiger partial charge in [-0.3, -0.25) is 14.4 Å². The van der Waals surface area contributed by atoms with Gasteiger partial charge in [-0.1, -0.05) is 34.1 Å². The number of amides is 2. The van der Waals surface area contributed by atoms with E-state index in [2.05, 4.69) is 26.6 Å². The minimum Gasteiger partial charge on any atom is -0.457 e. The first kappa shape index (κ1) is 25.0. The number of aryl methyl sites for hydroxylation is 2. The summed E-state index contributed by atoms with van der Waals surface area (Å²) in [4.78, 5) is 36.0. The van der Waals surface area contributed by atoms with Crippen LogP contribution in [0.5, 0.6) is 11.5 Å². The minimum atomic E-state index is -0.626. The van der Waals surface area contributed by atoms with E-state index in [1.165, 1.54) is 0 Å². The molecule has 7 nitrogen and oxygen atoms in total. The molecular weight excluding hydrogens is 500 g/mol. The molecule has 0 radical (unpaired) electrons. The van der Waals surface area contributed by atoms with Gasteiger partial charge in [0, 0.05) is 22.3 Å². The number of hydrogen-bond acceptors (Lipinski definition) is 5.